The third kappa shape index (κ3) is 4.63. The summed E-state index contributed by atoms with van der Waals surface area (Å²) in [5.74, 6) is -1.21. The lowest BCUT2D eigenvalue weighted by atomic mass is 10.3. The van der Waals surface area contributed by atoms with Gasteiger partial charge in [-0.25, -0.2) is 18.9 Å². The molecule has 0 aromatic carbocycles. The highest BCUT2D eigenvalue weighted by Gasteiger charge is 2.19. The molecule has 0 atom stereocenters. The molecule has 3 aromatic rings. The Morgan fingerprint density at radius 1 is 1.31 bits per heavy atom. The van der Waals surface area contributed by atoms with Crippen LogP contribution in [0.2, 0.25) is 0 Å². The van der Waals surface area contributed by atoms with E-state index in [0.29, 0.717) is 18.8 Å². The van der Waals surface area contributed by atoms with Crippen LogP contribution in [0.1, 0.15) is 16.1 Å². The number of ether oxygens (including phenoxy) is 1. The molecular formula is C18H19FN6O4. The topological polar surface area (TPSA) is 122 Å². The van der Waals surface area contributed by atoms with Crippen LogP contribution < -0.4 is 10.9 Å². The highest BCUT2D eigenvalue weighted by Crippen LogP contribution is 2.07. The first-order valence-electron chi connectivity index (χ1n) is 8.64. The molecule has 2 amide bonds. The number of H-pyrrole nitrogens is 1. The number of carbonyl (C=O) groups excluding carboxylic acids is 2. The van der Waals surface area contributed by atoms with E-state index < -0.39 is 23.2 Å². The summed E-state index contributed by atoms with van der Waals surface area (Å²) in [6, 6.07) is 4.04. The molecule has 0 radical (unpaired) electrons. The smallest absolute Gasteiger partial charge is 0.285 e. The van der Waals surface area contributed by atoms with Crippen LogP contribution in [0.5, 0.6) is 0 Å². The van der Waals surface area contributed by atoms with E-state index >= 15 is 0 Å². The Balaban J connectivity index is 1.77. The number of likely N-dealkylation sites (N-methyl/N-ethyl adjacent to an activating group) is 1. The van der Waals surface area contributed by atoms with E-state index in [1.807, 2.05) is 0 Å². The average molecular weight is 402 g/mol. The molecule has 3 heterocycles. The van der Waals surface area contributed by atoms with Crippen molar-refractivity contribution in [2.24, 2.45) is 0 Å². The van der Waals surface area contributed by atoms with Crippen LogP contribution in [0.25, 0.3) is 5.65 Å². The number of aromatic amines is 1. The summed E-state index contributed by atoms with van der Waals surface area (Å²) in [4.78, 5) is 46.4. The number of hydrogen-bond donors (Lipinski definition) is 2. The molecule has 10 nitrogen and oxygen atoms in total. The van der Waals surface area contributed by atoms with E-state index in [-0.39, 0.29) is 23.4 Å². The minimum absolute atomic E-state index is 0.0983. The summed E-state index contributed by atoms with van der Waals surface area (Å²) in [5, 5.41) is 5.30. The van der Waals surface area contributed by atoms with Crippen molar-refractivity contribution in [1.29, 1.82) is 0 Å². The Kier molecular flexibility index (Phi) is 5.98. The van der Waals surface area contributed by atoms with Gasteiger partial charge in [0.15, 0.2) is 5.65 Å². The van der Waals surface area contributed by atoms with Crippen molar-refractivity contribution in [3.05, 3.63) is 58.0 Å². The molecule has 0 fully saturated rings. The van der Waals surface area contributed by atoms with E-state index in [2.05, 4.69) is 20.4 Å². The molecule has 0 saturated carbocycles. The molecule has 0 bridgehead atoms. The van der Waals surface area contributed by atoms with E-state index in [9.17, 15) is 18.8 Å². The van der Waals surface area contributed by atoms with Crippen molar-refractivity contribution in [3.8, 4) is 0 Å². The van der Waals surface area contributed by atoms with Crippen molar-refractivity contribution in [1.82, 2.24) is 24.5 Å². The number of nitrogens with zero attached hydrogens (tertiary/aromatic N) is 4. The van der Waals surface area contributed by atoms with Crippen LogP contribution in [0, 0.1) is 5.82 Å². The number of hydrogen-bond acceptors (Lipinski definition) is 6. The third-order valence-electron chi connectivity index (χ3n) is 4.10. The normalized spacial score (nSPS) is 10.9. The van der Waals surface area contributed by atoms with Gasteiger partial charge >= 0.3 is 0 Å². The number of aromatic nitrogens is 4. The number of amides is 2. The maximum Gasteiger partial charge on any atom is 0.285 e. The highest BCUT2D eigenvalue weighted by atomic mass is 19.1. The fourth-order valence-corrected chi connectivity index (χ4v) is 2.59. The van der Waals surface area contributed by atoms with Crippen LogP contribution in [0.4, 0.5) is 10.2 Å². The van der Waals surface area contributed by atoms with Crippen LogP contribution in [0.3, 0.4) is 0 Å². The predicted molar refractivity (Wildman–Crippen MR) is 101 cm³/mol. The summed E-state index contributed by atoms with van der Waals surface area (Å²) in [6.07, 6.45) is 2.10. The number of fused-ring (bicyclic) bond motifs is 1. The van der Waals surface area contributed by atoms with Gasteiger partial charge in [-0.2, -0.15) is 0 Å². The van der Waals surface area contributed by atoms with Crippen LogP contribution in [-0.2, 0) is 16.0 Å². The first kappa shape index (κ1) is 20.1. The number of carbonyl (C=O) groups is 2. The minimum atomic E-state index is -0.573. The Bertz CT molecular complexity index is 1090. The molecular weight excluding hydrogens is 383 g/mol. The summed E-state index contributed by atoms with van der Waals surface area (Å²) in [5.41, 5.74) is 0.00550. The standard InChI is InChI=1S/C18H19FN6O4/c1-24(5-6-29-2)17(27)13-10-21-15-7-12(23-25(15)18(13)28)8-16(26)22-14-4-3-11(19)9-20-14/h3-4,7,9-10,23H,5-6,8H2,1-2H3,(H,20,22,26). The molecule has 152 valence electrons. The van der Waals surface area contributed by atoms with Gasteiger partial charge in [0.05, 0.1) is 19.2 Å². The fraction of sp³-hybridized carbons (Fsp3) is 0.278. The molecule has 3 rings (SSSR count). The summed E-state index contributed by atoms with van der Waals surface area (Å²) < 4.78 is 18.9. The summed E-state index contributed by atoms with van der Waals surface area (Å²) in [7, 11) is 3.08. The zero-order valence-corrected chi connectivity index (χ0v) is 15.8. The van der Waals surface area contributed by atoms with Gasteiger partial charge in [0, 0.05) is 38.7 Å². The molecule has 3 aromatic heterocycles. The average Bonchev–Trinajstić information content (AvgIpc) is 3.11. The Labute approximate surface area is 164 Å². The molecule has 0 aliphatic carbocycles. The van der Waals surface area contributed by atoms with Gasteiger partial charge in [-0.3, -0.25) is 19.5 Å². The number of methoxy groups -OCH3 is 1. The summed E-state index contributed by atoms with van der Waals surface area (Å²) in [6.45, 7) is 0.662. The second-order valence-electron chi connectivity index (χ2n) is 6.26. The number of pyridine rings is 1. The van der Waals surface area contributed by atoms with Gasteiger partial charge in [0.2, 0.25) is 5.91 Å². The molecule has 29 heavy (non-hydrogen) atoms. The van der Waals surface area contributed by atoms with Crippen molar-refractivity contribution >= 4 is 23.3 Å². The van der Waals surface area contributed by atoms with E-state index in [1.165, 1.54) is 36.4 Å². The monoisotopic (exact) mass is 402 g/mol. The van der Waals surface area contributed by atoms with Gasteiger partial charge < -0.3 is 15.0 Å². The van der Waals surface area contributed by atoms with Crippen LogP contribution in [0.15, 0.2) is 35.4 Å². The molecule has 2 N–H and O–H groups in total. The lowest BCUT2D eigenvalue weighted by Crippen LogP contribution is -2.35. The minimum Gasteiger partial charge on any atom is -0.383 e. The molecule has 0 saturated heterocycles. The Morgan fingerprint density at radius 2 is 2.10 bits per heavy atom. The van der Waals surface area contributed by atoms with Gasteiger partial charge in [0.25, 0.3) is 11.5 Å². The van der Waals surface area contributed by atoms with Crippen LogP contribution >= 0.6 is 0 Å². The number of rotatable bonds is 7. The SMILES string of the molecule is COCCN(C)C(=O)c1cnc2cc(CC(=O)Nc3ccc(F)cn3)[nH]n2c1=O. The lowest BCUT2D eigenvalue weighted by molar-refractivity contribution is -0.115. The molecule has 0 aliphatic heterocycles. The lowest BCUT2D eigenvalue weighted by Gasteiger charge is -2.15. The number of halogens is 1. The first-order chi connectivity index (χ1) is 13.9. The third-order valence-corrected chi connectivity index (χ3v) is 4.10. The fourth-order valence-electron chi connectivity index (χ4n) is 2.59. The maximum atomic E-state index is 12.9. The van der Waals surface area contributed by atoms with Gasteiger partial charge in [-0.15, -0.1) is 0 Å². The molecule has 0 unspecified atom stereocenters. The van der Waals surface area contributed by atoms with Crippen molar-refractivity contribution in [3.63, 3.8) is 0 Å². The molecule has 0 aliphatic rings. The number of nitrogens with one attached hydrogen (secondary N) is 2. The largest absolute Gasteiger partial charge is 0.383 e. The Morgan fingerprint density at radius 3 is 2.79 bits per heavy atom. The second kappa shape index (κ2) is 8.61. The van der Waals surface area contributed by atoms with Gasteiger partial charge in [0.1, 0.15) is 17.2 Å². The van der Waals surface area contributed by atoms with Crippen molar-refractivity contribution in [2.45, 2.75) is 6.42 Å². The van der Waals surface area contributed by atoms with Gasteiger partial charge in [-0.1, -0.05) is 0 Å². The van der Waals surface area contributed by atoms with Gasteiger partial charge in [-0.05, 0) is 12.1 Å². The molecule has 11 heteroatoms. The Hall–Kier alpha value is -3.60. The highest BCUT2D eigenvalue weighted by molar-refractivity contribution is 5.93. The van der Waals surface area contributed by atoms with E-state index in [4.69, 9.17) is 4.74 Å². The maximum absolute atomic E-state index is 12.9. The van der Waals surface area contributed by atoms with Crippen molar-refractivity contribution in [2.75, 3.05) is 32.6 Å². The quantitative estimate of drug-likeness (QED) is 0.592. The summed E-state index contributed by atoms with van der Waals surface area (Å²) >= 11 is 0. The van der Waals surface area contributed by atoms with Crippen LogP contribution in [-0.4, -0.2) is 63.6 Å². The number of anilines is 1. The molecule has 0 spiro atoms. The van der Waals surface area contributed by atoms with E-state index in [1.54, 1.807) is 7.05 Å². The predicted octanol–water partition coefficient (Wildman–Crippen LogP) is 0.456. The first-order valence-corrected chi connectivity index (χ1v) is 8.64. The van der Waals surface area contributed by atoms with E-state index in [0.717, 1.165) is 10.7 Å². The van der Waals surface area contributed by atoms with Crippen molar-refractivity contribution < 1.29 is 18.7 Å². The zero-order chi connectivity index (χ0) is 21.0. The zero-order valence-electron chi connectivity index (χ0n) is 15.8. The second-order valence-corrected chi connectivity index (χ2v) is 6.26.